The summed E-state index contributed by atoms with van der Waals surface area (Å²) in [5.41, 5.74) is 2.16. The standard InChI is InChI=1S/C32H42N4O5/c1-4-40-32(38)31(39-3)34(2)30-26(13-10-23-37)16-17-29(33-30)41-24-8-7-18-35-19-21-36(22-20-35)28-15-9-12-25-11-5-6-14-27(25)28/h5-6,9,11-12,14-17,23,31H,4,7-8,10,13,18-22,24H2,1-3H3. The van der Waals surface area contributed by atoms with E-state index >= 15 is 0 Å². The topological polar surface area (TPSA) is 84.4 Å². The van der Waals surface area contributed by atoms with E-state index in [0.29, 0.717) is 31.1 Å². The number of anilines is 2. The maximum Gasteiger partial charge on any atom is 0.356 e. The number of pyridine rings is 1. The average Bonchev–Trinajstić information content (AvgIpc) is 3.00. The Bertz CT molecular complexity index is 1270. The molecule has 2 heterocycles. The van der Waals surface area contributed by atoms with Crippen molar-refractivity contribution in [3.63, 3.8) is 0 Å². The van der Waals surface area contributed by atoms with Crippen LogP contribution in [0.15, 0.2) is 54.6 Å². The lowest BCUT2D eigenvalue weighted by Crippen LogP contribution is -2.46. The summed E-state index contributed by atoms with van der Waals surface area (Å²) in [6, 6.07) is 18.9. The molecule has 41 heavy (non-hydrogen) atoms. The van der Waals surface area contributed by atoms with Gasteiger partial charge in [0, 0.05) is 63.9 Å². The van der Waals surface area contributed by atoms with Gasteiger partial charge in [0.05, 0.1) is 13.2 Å². The Morgan fingerprint density at radius 1 is 1.05 bits per heavy atom. The fourth-order valence-corrected chi connectivity index (χ4v) is 5.30. The van der Waals surface area contributed by atoms with Gasteiger partial charge in [-0.25, -0.2) is 4.79 Å². The monoisotopic (exact) mass is 562 g/mol. The molecule has 1 aliphatic heterocycles. The lowest BCUT2D eigenvalue weighted by Gasteiger charge is -2.36. The predicted molar refractivity (Wildman–Crippen MR) is 162 cm³/mol. The van der Waals surface area contributed by atoms with Crippen LogP contribution in [0.5, 0.6) is 5.88 Å². The third-order valence-corrected chi connectivity index (χ3v) is 7.46. The smallest absolute Gasteiger partial charge is 0.356 e. The molecule has 1 aromatic heterocycles. The van der Waals surface area contributed by atoms with Gasteiger partial charge >= 0.3 is 5.97 Å². The lowest BCUT2D eigenvalue weighted by molar-refractivity contribution is -0.154. The molecule has 1 aliphatic rings. The Kier molecular flexibility index (Phi) is 11.3. The Hall–Kier alpha value is -3.69. The minimum atomic E-state index is -0.950. The third-order valence-electron chi connectivity index (χ3n) is 7.46. The van der Waals surface area contributed by atoms with Gasteiger partial charge in [0.25, 0.3) is 0 Å². The first-order valence-electron chi connectivity index (χ1n) is 14.5. The number of fused-ring (bicyclic) bond motifs is 1. The van der Waals surface area contributed by atoms with Crippen LogP contribution in [0.3, 0.4) is 0 Å². The summed E-state index contributed by atoms with van der Waals surface area (Å²) >= 11 is 0. The molecule has 1 atom stereocenters. The van der Waals surface area contributed by atoms with Crippen molar-refractivity contribution in [2.24, 2.45) is 0 Å². The molecule has 0 saturated carbocycles. The van der Waals surface area contributed by atoms with Gasteiger partial charge in [-0.3, -0.25) is 4.90 Å². The first-order valence-corrected chi connectivity index (χ1v) is 14.5. The molecule has 9 heteroatoms. The number of likely N-dealkylation sites (N-methyl/N-ethyl adjacent to an activating group) is 1. The largest absolute Gasteiger partial charge is 0.478 e. The van der Waals surface area contributed by atoms with E-state index in [4.69, 9.17) is 14.2 Å². The molecule has 2 aromatic carbocycles. The van der Waals surface area contributed by atoms with Crippen LogP contribution in [-0.2, 0) is 25.5 Å². The summed E-state index contributed by atoms with van der Waals surface area (Å²) in [5, 5.41) is 2.60. The molecular formula is C32H42N4O5. The van der Waals surface area contributed by atoms with E-state index in [-0.39, 0.29) is 6.61 Å². The molecule has 0 aliphatic carbocycles. The highest BCUT2D eigenvalue weighted by molar-refractivity contribution is 5.94. The second-order valence-corrected chi connectivity index (χ2v) is 10.2. The van der Waals surface area contributed by atoms with Gasteiger partial charge in [-0.15, -0.1) is 0 Å². The number of aryl methyl sites for hydroxylation is 1. The van der Waals surface area contributed by atoms with Crippen molar-refractivity contribution in [2.75, 3.05) is 69.9 Å². The van der Waals surface area contributed by atoms with Crippen molar-refractivity contribution in [1.82, 2.24) is 9.88 Å². The fraction of sp³-hybridized carbons (Fsp3) is 0.469. The predicted octanol–water partition coefficient (Wildman–Crippen LogP) is 4.32. The van der Waals surface area contributed by atoms with Crippen LogP contribution >= 0.6 is 0 Å². The minimum Gasteiger partial charge on any atom is -0.478 e. The van der Waals surface area contributed by atoms with Crippen LogP contribution in [0, 0.1) is 0 Å². The molecule has 220 valence electrons. The molecule has 1 saturated heterocycles. The number of methoxy groups -OCH3 is 1. The van der Waals surface area contributed by atoms with Gasteiger partial charge in [-0.2, -0.15) is 4.98 Å². The number of carbonyl (C=O) groups is 2. The average molecular weight is 563 g/mol. The summed E-state index contributed by atoms with van der Waals surface area (Å²) in [6.07, 6.45) is 2.73. The van der Waals surface area contributed by atoms with Crippen LogP contribution in [0.2, 0.25) is 0 Å². The molecule has 0 N–H and O–H groups in total. The SMILES string of the molecule is CCOC(=O)C(OC)N(C)c1nc(OCCCCN2CCN(c3cccc4ccccc34)CC2)ccc1CCC=O. The number of ether oxygens (including phenoxy) is 3. The molecule has 3 aromatic rings. The number of esters is 1. The van der Waals surface area contributed by atoms with Crippen molar-refractivity contribution < 1.29 is 23.8 Å². The van der Waals surface area contributed by atoms with Crippen molar-refractivity contribution in [1.29, 1.82) is 0 Å². The number of nitrogens with zero attached hydrogens (tertiary/aromatic N) is 4. The number of hydrogen-bond acceptors (Lipinski definition) is 9. The van der Waals surface area contributed by atoms with E-state index in [1.165, 1.54) is 23.6 Å². The van der Waals surface area contributed by atoms with Gasteiger partial charge in [-0.1, -0.05) is 36.4 Å². The summed E-state index contributed by atoms with van der Waals surface area (Å²) in [4.78, 5) is 34.7. The van der Waals surface area contributed by atoms with Crippen molar-refractivity contribution in [3.05, 3.63) is 60.2 Å². The van der Waals surface area contributed by atoms with Crippen molar-refractivity contribution >= 4 is 34.5 Å². The van der Waals surface area contributed by atoms with E-state index in [2.05, 4.69) is 57.2 Å². The van der Waals surface area contributed by atoms with Gasteiger partial charge in [0.2, 0.25) is 12.1 Å². The quantitative estimate of drug-likeness (QED) is 0.116. The summed E-state index contributed by atoms with van der Waals surface area (Å²) in [6.45, 7) is 7.72. The summed E-state index contributed by atoms with van der Waals surface area (Å²) in [7, 11) is 3.18. The van der Waals surface area contributed by atoms with Crippen LogP contribution in [0.4, 0.5) is 11.5 Å². The molecule has 1 unspecified atom stereocenters. The number of hydrogen-bond donors (Lipinski definition) is 0. The second-order valence-electron chi connectivity index (χ2n) is 10.2. The normalized spacial score (nSPS) is 14.6. The summed E-state index contributed by atoms with van der Waals surface area (Å²) in [5.74, 6) is 0.516. The molecule has 9 nitrogen and oxygen atoms in total. The first kappa shape index (κ1) is 30.3. The van der Waals surface area contributed by atoms with E-state index in [9.17, 15) is 9.59 Å². The number of rotatable bonds is 15. The Labute approximate surface area is 243 Å². The number of aldehydes is 1. The Morgan fingerprint density at radius 3 is 2.59 bits per heavy atom. The number of unbranched alkanes of at least 4 members (excludes halogenated alkanes) is 1. The molecule has 4 rings (SSSR count). The summed E-state index contributed by atoms with van der Waals surface area (Å²) < 4.78 is 16.5. The Balaban J connectivity index is 1.26. The number of carbonyl (C=O) groups excluding carboxylic acids is 2. The van der Waals surface area contributed by atoms with Gasteiger partial charge in [0.1, 0.15) is 12.1 Å². The fourth-order valence-electron chi connectivity index (χ4n) is 5.30. The zero-order valence-electron chi connectivity index (χ0n) is 24.5. The van der Waals surface area contributed by atoms with E-state index in [1.54, 1.807) is 18.9 Å². The maximum absolute atomic E-state index is 12.4. The molecule has 1 fully saturated rings. The second kappa shape index (κ2) is 15.3. The van der Waals surface area contributed by atoms with Crippen molar-refractivity contribution in [3.8, 4) is 5.88 Å². The van der Waals surface area contributed by atoms with Crippen LogP contribution in [0.1, 0.15) is 31.7 Å². The number of benzene rings is 2. The molecule has 0 amide bonds. The molecule has 0 spiro atoms. The van der Waals surface area contributed by atoms with Gasteiger partial charge in [-0.05, 0) is 55.8 Å². The number of aromatic nitrogens is 1. The minimum absolute atomic E-state index is 0.251. The van der Waals surface area contributed by atoms with E-state index in [0.717, 1.165) is 57.4 Å². The van der Waals surface area contributed by atoms with Crippen LogP contribution in [0.25, 0.3) is 10.8 Å². The van der Waals surface area contributed by atoms with Crippen LogP contribution < -0.4 is 14.5 Å². The van der Waals surface area contributed by atoms with E-state index < -0.39 is 12.2 Å². The molecular weight excluding hydrogens is 520 g/mol. The van der Waals surface area contributed by atoms with E-state index in [1.807, 2.05) is 12.1 Å². The molecule has 0 bridgehead atoms. The van der Waals surface area contributed by atoms with Gasteiger partial charge in [0.15, 0.2) is 0 Å². The van der Waals surface area contributed by atoms with Crippen LogP contribution in [-0.4, -0.2) is 88.5 Å². The highest BCUT2D eigenvalue weighted by Crippen LogP contribution is 2.28. The third kappa shape index (κ3) is 7.95. The maximum atomic E-state index is 12.4. The lowest BCUT2D eigenvalue weighted by atomic mass is 10.1. The Morgan fingerprint density at radius 2 is 1.83 bits per heavy atom. The molecule has 0 radical (unpaired) electrons. The highest BCUT2D eigenvalue weighted by atomic mass is 16.6. The zero-order chi connectivity index (χ0) is 29.0. The zero-order valence-corrected chi connectivity index (χ0v) is 24.5. The first-order chi connectivity index (χ1) is 20.0. The van der Waals surface area contributed by atoms with Crippen molar-refractivity contribution in [2.45, 2.75) is 38.8 Å². The number of piperazine rings is 1. The highest BCUT2D eigenvalue weighted by Gasteiger charge is 2.27. The van der Waals surface area contributed by atoms with Gasteiger partial charge < -0.3 is 28.8 Å².